The number of halogens is 1. The second-order valence-corrected chi connectivity index (χ2v) is 6.11. The predicted octanol–water partition coefficient (Wildman–Crippen LogP) is 2.70. The molecular formula is C13H17BrN2O3. The van der Waals surface area contributed by atoms with E-state index in [9.17, 15) is 15.2 Å². The number of nitrogens with zero attached hydrogens (tertiary/aromatic N) is 2. The Bertz CT molecular complexity index is 491. The molecule has 1 aromatic carbocycles. The fourth-order valence-electron chi connectivity index (χ4n) is 2.53. The van der Waals surface area contributed by atoms with Gasteiger partial charge in [0.1, 0.15) is 0 Å². The smallest absolute Gasteiger partial charge is 0.283 e. The number of hydrogen-bond acceptors (Lipinski definition) is 4. The summed E-state index contributed by atoms with van der Waals surface area (Å²) >= 11 is 3.31. The third kappa shape index (κ3) is 3.52. The van der Waals surface area contributed by atoms with Crippen molar-refractivity contribution in [2.45, 2.75) is 31.9 Å². The van der Waals surface area contributed by atoms with Crippen LogP contribution in [0.5, 0.6) is 0 Å². The molecule has 1 heterocycles. The minimum absolute atomic E-state index is 0.0845. The summed E-state index contributed by atoms with van der Waals surface area (Å²) in [6, 6.07) is 5.06. The summed E-state index contributed by atoms with van der Waals surface area (Å²) in [6.45, 7) is 3.95. The highest BCUT2D eigenvalue weighted by Crippen LogP contribution is 2.30. The fraction of sp³-hybridized carbons (Fsp3) is 0.538. The Labute approximate surface area is 120 Å². The number of aliphatic hydroxyl groups is 1. The van der Waals surface area contributed by atoms with Gasteiger partial charge in [-0.15, -0.1) is 0 Å². The largest absolute Gasteiger partial charge is 0.389 e. The zero-order valence-electron chi connectivity index (χ0n) is 10.8. The van der Waals surface area contributed by atoms with Gasteiger partial charge in [0.05, 0.1) is 15.0 Å². The van der Waals surface area contributed by atoms with Crippen LogP contribution in [0.25, 0.3) is 0 Å². The lowest BCUT2D eigenvalue weighted by atomic mass is 9.95. The Kier molecular flexibility index (Phi) is 4.23. The van der Waals surface area contributed by atoms with E-state index >= 15 is 0 Å². The van der Waals surface area contributed by atoms with E-state index in [2.05, 4.69) is 20.8 Å². The first-order valence-corrected chi connectivity index (χ1v) is 7.05. The SMILES string of the molecule is CC1(O)CCCN(Cc2cccc([N+](=O)[O-])c2Br)C1. The fourth-order valence-corrected chi connectivity index (χ4v) is 3.06. The lowest BCUT2D eigenvalue weighted by Gasteiger charge is -2.36. The Balaban J connectivity index is 2.15. The van der Waals surface area contributed by atoms with Crippen molar-refractivity contribution in [1.29, 1.82) is 0 Å². The molecule has 0 amide bonds. The van der Waals surface area contributed by atoms with Gasteiger partial charge in [0.2, 0.25) is 0 Å². The zero-order valence-corrected chi connectivity index (χ0v) is 12.4. The van der Waals surface area contributed by atoms with Crippen molar-refractivity contribution in [2.75, 3.05) is 13.1 Å². The van der Waals surface area contributed by atoms with Crippen molar-refractivity contribution >= 4 is 21.6 Å². The van der Waals surface area contributed by atoms with E-state index in [0.717, 1.165) is 24.9 Å². The maximum absolute atomic E-state index is 10.9. The minimum atomic E-state index is -0.661. The summed E-state index contributed by atoms with van der Waals surface area (Å²) in [5, 5.41) is 21.0. The van der Waals surface area contributed by atoms with Gasteiger partial charge in [-0.2, -0.15) is 0 Å². The molecule has 1 saturated heterocycles. The maximum Gasteiger partial charge on any atom is 0.283 e. The lowest BCUT2D eigenvalue weighted by molar-refractivity contribution is -0.385. The summed E-state index contributed by atoms with van der Waals surface area (Å²) in [7, 11) is 0. The molecule has 1 atom stereocenters. The number of β-amino-alcohol motifs (C(OH)–C–C–N with tert-alkyl or cyclic N) is 1. The monoisotopic (exact) mass is 328 g/mol. The summed E-state index contributed by atoms with van der Waals surface area (Å²) in [6.07, 6.45) is 1.75. The molecule has 0 spiro atoms. The van der Waals surface area contributed by atoms with Crippen molar-refractivity contribution in [2.24, 2.45) is 0 Å². The van der Waals surface area contributed by atoms with Crippen LogP contribution >= 0.6 is 15.9 Å². The summed E-state index contributed by atoms with van der Waals surface area (Å²) < 4.78 is 0.533. The molecule has 1 aliphatic heterocycles. The van der Waals surface area contributed by atoms with Crippen LogP contribution in [0.1, 0.15) is 25.3 Å². The van der Waals surface area contributed by atoms with E-state index in [1.54, 1.807) is 6.07 Å². The first-order chi connectivity index (χ1) is 8.89. The molecule has 1 unspecified atom stereocenters. The lowest BCUT2D eigenvalue weighted by Crippen LogP contribution is -2.45. The molecule has 0 radical (unpaired) electrons. The molecule has 2 rings (SSSR count). The van der Waals surface area contributed by atoms with Crippen molar-refractivity contribution in [3.05, 3.63) is 38.3 Å². The minimum Gasteiger partial charge on any atom is -0.389 e. The van der Waals surface area contributed by atoms with Crippen LogP contribution in [0.3, 0.4) is 0 Å². The standard InChI is InChI=1S/C13H17BrN2O3/c1-13(17)6-3-7-15(9-13)8-10-4-2-5-11(12(10)14)16(18)19/h2,4-5,17H,3,6-9H2,1H3. The number of hydrogen-bond donors (Lipinski definition) is 1. The summed E-state index contributed by atoms with van der Waals surface area (Å²) in [5.74, 6) is 0. The molecule has 0 saturated carbocycles. The molecule has 104 valence electrons. The second kappa shape index (κ2) is 5.56. The third-order valence-corrected chi connectivity index (χ3v) is 4.32. The number of nitro benzene ring substituents is 1. The molecule has 1 N–H and O–H groups in total. The van der Waals surface area contributed by atoms with Crippen LogP contribution in [-0.4, -0.2) is 33.6 Å². The van der Waals surface area contributed by atoms with Crippen LogP contribution in [0, 0.1) is 10.1 Å². The molecule has 5 nitrogen and oxygen atoms in total. The Morgan fingerprint density at radius 3 is 2.95 bits per heavy atom. The predicted molar refractivity (Wildman–Crippen MR) is 75.9 cm³/mol. The van der Waals surface area contributed by atoms with Crippen LogP contribution in [0.2, 0.25) is 0 Å². The van der Waals surface area contributed by atoms with Crippen LogP contribution in [0.4, 0.5) is 5.69 Å². The molecule has 0 bridgehead atoms. The average molecular weight is 329 g/mol. The average Bonchev–Trinajstić information content (AvgIpc) is 2.30. The highest BCUT2D eigenvalue weighted by Gasteiger charge is 2.29. The highest BCUT2D eigenvalue weighted by atomic mass is 79.9. The molecule has 19 heavy (non-hydrogen) atoms. The first kappa shape index (κ1) is 14.4. The maximum atomic E-state index is 10.9. The Morgan fingerprint density at radius 2 is 2.32 bits per heavy atom. The van der Waals surface area contributed by atoms with Gasteiger partial charge in [0.15, 0.2) is 0 Å². The van der Waals surface area contributed by atoms with Crippen LogP contribution in [0.15, 0.2) is 22.7 Å². The topological polar surface area (TPSA) is 66.6 Å². The van der Waals surface area contributed by atoms with Crippen molar-refractivity contribution in [3.63, 3.8) is 0 Å². The van der Waals surface area contributed by atoms with E-state index in [4.69, 9.17) is 0 Å². The number of piperidine rings is 1. The van der Waals surface area contributed by atoms with Crippen molar-refractivity contribution in [1.82, 2.24) is 4.90 Å². The summed E-state index contributed by atoms with van der Waals surface area (Å²) in [4.78, 5) is 12.6. The van der Waals surface area contributed by atoms with Gasteiger partial charge < -0.3 is 5.11 Å². The highest BCUT2D eigenvalue weighted by molar-refractivity contribution is 9.10. The molecule has 1 aromatic rings. The van der Waals surface area contributed by atoms with Gasteiger partial charge in [-0.05, 0) is 47.8 Å². The van der Waals surface area contributed by atoms with Gasteiger partial charge in [0, 0.05) is 19.2 Å². The quantitative estimate of drug-likeness (QED) is 0.684. The van der Waals surface area contributed by atoms with Gasteiger partial charge >= 0.3 is 0 Å². The number of nitro groups is 1. The van der Waals surface area contributed by atoms with Crippen LogP contribution in [-0.2, 0) is 6.54 Å². The Morgan fingerprint density at radius 1 is 1.58 bits per heavy atom. The van der Waals surface area contributed by atoms with E-state index < -0.39 is 5.60 Å². The number of likely N-dealkylation sites (tertiary alicyclic amines) is 1. The molecular weight excluding hydrogens is 312 g/mol. The summed E-state index contributed by atoms with van der Waals surface area (Å²) in [5.41, 5.74) is 0.305. The molecule has 0 aromatic heterocycles. The van der Waals surface area contributed by atoms with E-state index in [1.165, 1.54) is 6.07 Å². The molecule has 1 fully saturated rings. The molecule has 6 heteroatoms. The normalized spacial score (nSPS) is 24.4. The van der Waals surface area contributed by atoms with E-state index in [-0.39, 0.29) is 10.6 Å². The number of rotatable bonds is 3. The molecule has 1 aliphatic rings. The van der Waals surface area contributed by atoms with Crippen molar-refractivity contribution < 1.29 is 10.0 Å². The van der Waals surface area contributed by atoms with Crippen molar-refractivity contribution in [3.8, 4) is 0 Å². The van der Waals surface area contributed by atoms with E-state index in [1.807, 2.05) is 13.0 Å². The van der Waals surface area contributed by atoms with Crippen LogP contribution < -0.4 is 0 Å². The molecule has 0 aliphatic carbocycles. The zero-order chi connectivity index (χ0) is 14.0. The van der Waals surface area contributed by atoms with Gasteiger partial charge in [-0.3, -0.25) is 15.0 Å². The third-order valence-electron chi connectivity index (χ3n) is 3.40. The number of benzene rings is 1. The second-order valence-electron chi connectivity index (χ2n) is 5.32. The van der Waals surface area contributed by atoms with Gasteiger partial charge in [0.25, 0.3) is 5.69 Å². The Hall–Kier alpha value is -0.980. The van der Waals surface area contributed by atoms with E-state index in [0.29, 0.717) is 17.6 Å². The first-order valence-electron chi connectivity index (χ1n) is 6.25. The van der Waals surface area contributed by atoms with Gasteiger partial charge in [-0.25, -0.2) is 0 Å². The van der Waals surface area contributed by atoms with Gasteiger partial charge in [-0.1, -0.05) is 12.1 Å².